The van der Waals surface area contributed by atoms with Gasteiger partial charge in [-0.15, -0.1) is 0 Å². The molecule has 1 atom stereocenters. The van der Waals surface area contributed by atoms with Crippen molar-refractivity contribution in [1.29, 1.82) is 0 Å². The van der Waals surface area contributed by atoms with Crippen molar-refractivity contribution in [3.05, 3.63) is 78.5 Å². The molecule has 1 aliphatic heterocycles. The Morgan fingerprint density at radius 3 is 2.62 bits per heavy atom. The Hall–Kier alpha value is -3.71. The van der Waals surface area contributed by atoms with Gasteiger partial charge >= 0.3 is 0 Å². The second kappa shape index (κ2) is 11.4. The topological polar surface area (TPSA) is 83.6 Å². The molecule has 1 aromatic heterocycles. The molecule has 0 bridgehead atoms. The fourth-order valence-electron chi connectivity index (χ4n) is 4.06. The number of amides is 2. The number of rotatable bonds is 8. The molecule has 7 heteroatoms. The van der Waals surface area contributed by atoms with Gasteiger partial charge in [-0.1, -0.05) is 36.4 Å². The van der Waals surface area contributed by atoms with Gasteiger partial charge in [0, 0.05) is 25.2 Å². The Labute approximate surface area is 200 Å². The van der Waals surface area contributed by atoms with Crippen LogP contribution in [0.4, 0.5) is 11.5 Å². The number of aryl methyl sites for hydroxylation is 1. The number of aromatic nitrogens is 1. The van der Waals surface area contributed by atoms with E-state index in [9.17, 15) is 9.59 Å². The number of likely N-dealkylation sites (tertiary alicyclic amines) is 1. The van der Waals surface area contributed by atoms with Gasteiger partial charge < -0.3 is 20.3 Å². The van der Waals surface area contributed by atoms with E-state index in [1.165, 1.54) is 0 Å². The molecule has 0 saturated carbocycles. The lowest BCUT2D eigenvalue weighted by atomic mass is 9.97. The molecular formula is C27H30N4O3. The Balaban J connectivity index is 1.27. The molecule has 4 rings (SSSR count). The zero-order valence-corrected chi connectivity index (χ0v) is 19.4. The predicted octanol–water partition coefficient (Wildman–Crippen LogP) is 4.86. The lowest BCUT2D eigenvalue weighted by Gasteiger charge is -2.31. The van der Waals surface area contributed by atoms with Gasteiger partial charge in [0.2, 0.25) is 11.8 Å². The second-order valence-electron chi connectivity index (χ2n) is 8.50. The van der Waals surface area contributed by atoms with Crippen LogP contribution in [0.1, 0.15) is 25.0 Å². The molecular weight excluding hydrogens is 428 g/mol. The first-order chi connectivity index (χ1) is 16.6. The first-order valence-corrected chi connectivity index (χ1v) is 11.7. The number of carbonyl (C=O) groups is 2. The predicted molar refractivity (Wildman–Crippen MR) is 133 cm³/mol. The van der Waals surface area contributed by atoms with E-state index in [2.05, 4.69) is 20.5 Å². The van der Waals surface area contributed by atoms with Crippen molar-refractivity contribution in [3.63, 3.8) is 0 Å². The number of hydrogen-bond donors (Lipinski definition) is 2. The first kappa shape index (κ1) is 23.4. The number of piperidine rings is 1. The highest BCUT2D eigenvalue weighted by Gasteiger charge is 2.26. The highest BCUT2D eigenvalue weighted by molar-refractivity contribution is 5.93. The number of carbonyl (C=O) groups excluding carboxylic acids is 2. The molecule has 0 spiro atoms. The molecule has 1 saturated heterocycles. The normalized spacial score (nSPS) is 16.0. The quantitative estimate of drug-likeness (QED) is 0.504. The largest absolute Gasteiger partial charge is 0.455 e. The van der Waals surface area contributed by atoms with E-state index < -0.39 is 0 Å². The van der Waals surface area contributed by atoms with Crippen molar-refractivity contribution in [3.8, 4) is 11.5 Å². The van der Waals surface area contributed by atoms with Gasteiger partial charge in [0.05, 0.1) is 11.6 Å². The molecule has 2 N–H and O–H groups in total. The molecule has 1 fully saturated rings. The molecule has 7 nitrogen and oxygen atoms in total. The highest BCUT2D eigenvalue weighted by atomic mass is 16.5. The average Bonchev–Trinajstić information content (AvgIpc) is 2.85. The fraction of sp³-hybridized carbons (Fsp3) is 0.296. The SMILES string of the molecule is Cc1cccc(NC(=O)C2CCCN(CCC(=O)Nc3ccccc3Oc3ccccc3)C2)n1. The zero-order valence-electron chi connectivity index (χ0n) is 19.4. The Bertz CT molecular complexity index is 1120. The summed E-state index contributed by atoms with van der Waals surface area (Å²) in [5.41, 5.74) is 1.50. The van der Waals surface area contributed by atoms with Gasteiger partial charge in [0.1, 0.15) is 11.6 Å². The van der Waals surface area contributed by atoms with Gasteiger partial charge in [-0.05, 0) is 62.7 Å². The van der Waals surface area contributed by atoms with Crippen molar-refractivity contribution in [2.24, 2.45) is 5.92 Å². The van der Waals surface area contributed by atoms with Crippen LogP contribution in [0, 0.1) is 12.8 Å². The highest BCUT2D eigenvalue weighted by Crippen LogP contribution is 2.29. The summed E-state index contributed by atoms with van der Waals surface area (Å²) in [6.07, 6.45) is 2.10. The van der Waals surface area contributed by atoms with Crippen molar-refractivity contribution < 1.29 is 14.3 Å². The third kappa shape index (κ3) is 6.65. The van der Waals surface area contributed by atoms with E-state index in [4.69, 9.17) is 4.74 Å². The van der Waals surface area contributed by atoms with Crippen LogP contribution in [0.2, 0.25) is 0 Å². The number of anilines is 2. The number of nitrogens with zero attached hydrogens (tertiary/aromatic N) is 2. The lowest BCUT2D eigenvalue weighted by molar-refractivity contribution is -0.121. The van der Waals surface area contributed by atoms with Crippen LogP contribution >= 0.6 is 0 Å². The number of benzene rings is 2. The molecule has 3 aromatic rings. The molecule has 1 unspecified atom stereocenters. The Kier molecular flexibility index (Phi) is 7.88. The summed E-state index contributed by atoms with van der Waals surface area (Å²) in [6.45, 7) is 4.02. The maximum atomic E-state index is 12.7. The summed E-state index contributed by atoms with van der Waals surface area (Å²) in [5.74, 6) is 1.68. The lowest BCUT2D eigenvalue weighted by Crippen LogP contribution is -2.41. The second-order valence-corrected chi connectivity index (χ2v) is 8.50. The van der Waals surface area contributed by atoms with Crippen LogP contribution in [-0.4, -0.2) is 41.3 Å². The average molecular weight is 459 g/mol. The number of hydrogen-bond acceptors (Lipinski definition) is 5. The van der Waals surface area contributed by atoms with E-state index in [1.807, 2.05) is 73.7 Å². The van der Waals surface area contributed by atoms with E-state index in [-0.39, 0.29) is 17.7 Å². The molecule has 176 valence electrons. The van der Waals surface area contributed by atoms with Crippen molar-refractivity contribution in [2.45, 2.75) is 26.2 Å². The van der Waals surface area contributed by atoms with Crippen LogP contribution in [0.15, 0.2) is 72.8 Å². The van der Waals surface area contributed by atoms with E-state index in [0.717, 1.165) is 25.1 Å². The summed E-state index contributed by atoms with van der Waals surface area (Å²) in [4.78, 5) is 31.9. The minimum atomic E-state index is -0.112. The van der Waals surface area contributed by atoms with E-state index in [0.29, 0.717) is 42.5 Å². The van der Waals surface area contributed by atoms with Crippen LogP contribution in [0.3, 0.4) is 0 Å². The minimum absolute atomic E-state index is 0.0146. The summed E-state index contributed by atoms with van der Waals surface area (Å²) in [6, 6.07) is 22.5. The van der Waals surface area contributed by atoms with Gasteiger partial charge in [0.15, 0.2) is 5.75 Å². The molecule has 34 heavy (non-hydrogen) atoms. The zero-order chi connectivity index (χ0) is 23.8. The minimum Gasteiger partial charge on any atom is -0.455 e. The van der Waals surface area contributed by atoms with Crippen LogP contribution in [0.5, 0.6) is 11.5 Å². The van der Waals surface area contributed by atoms with Gasteiger partial charge in [-0.2, -0.15) is 0 Å². The molecule has 0 radical (unpaired) electrons. The van der Waals surface area contributed by atoms with Crippen LogP contribution < -0.4 is 15.4 Å². The summed E-state index contributed by atoms with van der Waals surface area (Å²) in [5, 5.41) is 5.89. The number of para-hydroxylation sites is 3. The van der Waals surface area contributed by atoms with Gasteiger partial charge in [0.25, 0.3) is 0 Å². The van der Waals surface area contributed by atoms with E-state index >= 15 is 0 Å². The Morgan fingerprint density at radius 1 is 1.00 bits per heavy atom. The maximum absolute atomic E-state index is 12.7. The molecule has 2 amide bonds. The van der Waals surface area contributed by atoms with Crippen molar-refractivity contribution in [2.75, 3.05) is 30.3 Å². The standard InChI is InChI=1S/C27H30N4O3/c1-20-9-7-15-25(28-20)30-27(33)21-10-8-17-31(19-21)18-16-26(32)29-23-13-5-6-14-24(23)34-22-11-3-2-4-12-22/h2-7,9,11-15,21H,8,10,16-19H2,1H3,(H,29,32)(H,28,30,33). The number of pyridine rings is 1. The first-order valence-electron chi connectivity index (χ1n) is 11.7. The van der Waals surface area contributed by atoms with Crippen LogP contribution in [0.25, 0.3) is 0 Å². The summed E-state index contributed by atoms with van der Waals surface area (Å²) < 4.78 is 5.93. The third-order valence-electron chi connectivity index (χ3n) is 5.80. The Morgan fingerprint density at radius 2 is 1.79 bits per heavy atom. The van der Waals surface area contributed by atoms with Crippen molar-refractivity contribution in [1.82, 2.24) is 9.88 Å². The summed E-state index contributed by atoms with van der Waals surface area (Å²) in [7, 11) is 0. The van der Waals surface area contributed by atoms with Gasteiger partial charge in [-0.25, -0.2) is 4.98 Å². The molecule has 2 aromatic carbocycles. The van der Waals surface area contributed by atoms with Crippen molar-refractivity contribution >= 4 is 23.3 Å². The maximum Gasteiger partial charge on any atom is 0.229 e. The summed E-state index contributed by atoms with van der Waals surface area (Å²) >= 11 is 0. The monoisotopic (exact) mass is 458 g/mol. The number of nitrogens with one attached hydrogen (secondary N) is 2. The third-order valence-corrected chi connectivity index (χ3v) is 5.80. The van der Waals surface area contributed by atoms with E-state index in [1.54, 1.807) is 6.07 Å². The molecule has 2 heterocycles. The number of ether oxygens (including phenoxy) is 1. The van der Waals surface area contributed by atoms with Crippen LogP contribution in [-0.2, 0) is 9.59 Å². The smallest absolute Gasteiger partial charge is 0.229 e. The van der Waals surface area contributed by atoms with Gasteiger partial charge in [-0.3, -0.25) is 9.59 Å². The molecule has 1 aliphatic rings. The molecule has 0 aliphatic carbocycles. The fourth-order valence-corrected chi connectivity index (χ4v) is 4.06.